The zero-order valence-corrected chi connectivity index (χ0v) is 20.1. The standard InChI is InChI=1S/C32H26F2N2/c1-2-35-21-36(20-30-28-9-5-3-7-24(28)19-25-8-4-6-10-29(25)30)32(23-13-17-27(34)18-14-23)31(35)22-11-15-26(33)16-12-22/h3-19H,2,20-21H2,1H3. The maximum absolute atomic E-state index is 13.9. The van der Waals surface area contributed by atoms with Gasteiger partial charge in [0.15, 0.2) is 0 Å². The normalized spacial score (nSPS) is 13.9. The summed E-state index contributed by atoms with van der Waals surface area (Å²) in [6.07, 6.45) is 0. The van der Waals surface area contributed by atoms with E-state index >= 15 is 0 Å². The van der Waals surface area contributed by atoms with Crippen LogP contribution in [0.4, 0.5) is 8.78 Å². The molecule has 0 fully saturated rings. The van der Waals surface area contributed by atoms with Gasteiger partial charge in [0.2, 0.25) is 0 Å². The van der Waals surface area contributed by atoms with Crippen molar-refractivity contribution in [3.8, 4) is 0 Å². The molecule has 5 aromatic rings. The van der Waals surface area contributed by atoms with E-state index in [2.05, 4.69) is 71.3 Å². The summed E-state index contributed by atoms with van der Waals surface area (Å²) < 4.78 is 27.7. The van der Waals surface area contributed by atoms with Crippen molar-refractivity contribution in [1.82, 2.24) is 9.80 Å². The number of hydrogen-bond donors (Lipinski definition) is 0. The lowest BCUT2D eigenvalue weighted by molar-refractivity contribution is 0.284. The lowest BCUT2D eigenvalue weighted by Crippen LogP contribution is -2.27. The number of hydrogen-bond acceptors (Lipinski definition) is 2. The van der Waals surface area contributed by atoms with Crippen molar-refractivity contribution in [3.63, 3.8) is 0 Å². The predicted octanol–water partition coefficient (Wildman–Crippen LogP) is 7.89. The molecule has 0 amide bonds. The summed E-state index contributed by atoms with van der Waals surface area (Å²) >= 11 is 0. The van der Waals surface area contributed by atoms with Crippen molar-refractivity contribution in [2.45, 2.75) is 13.5 Å². The molecule has 0 aliphatic carbocycles. The van der Waals surface area contributed by atoms with E-state index in [4.69, 9.17) is 0 Å². The van der Waals surface area contributed by atoms with Gasteiger partial charge in [-0.2, -0.15) is 0 Å². The van der Waals surface area contributed by atoms with E-state index in [1.165, 1.54) is 51.4 Å². The maximum Gasteiger partial charge on any atom is 0.123 e. The van der Waals surface area contributed by atoms with Crippen LogP contribution < -0.4 is 0 Å². The second-order valence-corrected chi connectivity index (χ2v) is 9.20. The third-order valence-electron chi connectivity index (χ3n) is 7.05. The molecule has 0 bridgehead atoms. The molecule has 0 N–H and O–H groups in total. The fraction of sp³-hybridized carbons (Fsp3) is 0.125. The molecule has 0 spiro atoms. The number of fused-ring (bicyclic) bond motifs is 2. The summed E-state index contributed by atoms with van der Waals surface area (Å²) in [4.78, 5) is 4.67. The Labute approximate surface area is 209 Å². The summed E-state index contributed by atoms with van der Waals surface area (Å²) in [6, 6.07) is 32.6. The predicted molar refractivity (Wildman–Crippen MR) is 144 cm³/mol. The summed E-state index contributed by atoms with van der Waals surface area (Å²) in [6.45, 7) is 4.30. The number of halogens is 2. The fourth-order valence-corrected chi connectivity index (χ4v) is 5.36. The number of benzene rings is 5. The van der Waals surface area contributed by atoms with Crippen LogP contribution in [0.1, 0.15) is 23.6 Å². The molecule has 1 aliphatic heterocycles. The zero-order valence-electron chi connectivity index (χ0n) is 20.1. The lowest BCUT2D eigenvalue weighted by Gasteiger charge is -2.25. The Morgan fingerprint density at radius 1 is 0.611 bits per heavy atom. The van der Waals surface area contributed by atoms with Gasteiger partial charge >= 0.3 is 0 Å². The second kappa shape index (κ2) is 9.12. The minimum atomic E-state index is -0.264. The Kier molecular flexibility index (Phi) is 5.65. The van der Waals surface area contributed by atoms with Gasteiger partial charge in [-0.05, 0) is 88.6 Å². The summed E-state index contributed by atoms with van der Waals surface area (Å²) in [7, 11) is 0. The monoisotopic (exact) mass is 476 g/mol. The van der Waals surface area contributed by atoms with Gasteiger partial charge in [0.1, 0.15) is 11.6 Å². The van der Waals surface area contributed by atoms with Crippen molar-refractivity contribution in [3.05, 3.63) is 131 Å². The molecule has 0 radical (unpaired) electrons. The highest BCUT2D eigenvalue weighted by molar-refractivity contribution is 6.02. The molecular formula is C32H26F2N2. The van der Waals surface area contributed by atoms with Gasteiger partial charge in [-0.15, -0.1) is 0 Å². The highest BCUT2D eigenvalue weighted by Crippen LogP contribution is 2.40. The van der Waals surface area contributed by atoms with Gasteiger partial charge in [-0.25, -0.2) is 8.78 Å². The van der Waals surface area contributed by atoms with Crippen LogP contribution in [0.2, 0.25) is 0 Å². The van der Waals surface area contributed by atoms with Crippen molar-refractivity contribution in [2.24, 2.45) is 0 Å². The smallest absolute Gasteiger partial charge is 0.123 e. The molecule has 0 aromatic heterocycles. The van der Waals surface area contributed by atoms with Crippen molar-refractivity contribution < 1.29 is 8.78 Å². The first-order chi connectivity index (χ1) is 17.6. The average Bonchev–Trinajstić information content (AvgIpc) is 3.27. The van der Waals surface area contributed by atoms with Gasteiger partial charge in [0.05, 0.1) is 18.1 Å². The van der Waals surface area contributed by atoms with Crippen molar-refractivity contribution in [2.75, 3.05) is 13.2 Å². The molecule has 0 unspecified atom stereocenters. The fourth-order valence-electron chi connectivity index (χ4n) is 5.36. The second-order valence-electron chi connectivity index (χ2n) is 9.20. The van der Waals surface area contributed by atoms with E-state index < -0.39 is 0 Å². The minimum absolute atomic E-state index is 0.261. The molecule has 5 aromatic carbocycles. The van der Waals surface area contributed by atoms with Crippen LogP contribution in [-0.2, 0) is 6.54 Å². The van der Waals surface area contributed by atoms with Gasteiger partial charge in [-0.1, -0.05) is 48.5 Å². The Bertz CT molecular complexity index is 1530. The third-order valence-corrected chi connectivity index (χ3v) is 7.05. The van der Waals surface area contributed by atoms with Gasteiger partial charge in [0.25, 0.3) is 0 Å². The molecule has 0 saturated heterocycles. The molecule has 36 heavy (non-hydrogen) atoms. The highest BCUT2D eigenvalue weighted by atomic mass is 19.1. The SMILES string of the molecule is CCN1CN(Cc2c3ccccc3cc3ccccc23)C(c2ccc(F)cc2)=C1c1ccc(F)cc1. The van der Waals surface area contributed by atoms with Crippen LogP contribution in [-0.4, -0.2) is 23.0 Å². The summed E-state index contributed by atoms with van der Waals surface area (Å²) in [5.41, 5.74) is 5.22. The minimum Gasteiger partial charge on any atom is -0.352 e. The number of nitrogens with zero attached hydrogens (tertiary/aromatic N) is 2. The van der Waals surface area contributed by atoms with E-state index in [9.17, 15) is 8.78 Å². The van der Waals surface area contributed by atoms with E-state index in [1.54, 1.807) is 0 Å². The Balaban J connectivity index is 1.56. The molecule has 0 saturated carbocycles. The molecular weight excluding hydrogens is 450 g/mol. The van der Waals surface area contributed by atoms with Crippen LogP contribution in [0.3, 0.4) is 0 Å². The first-order valence-corrected chi connectivity index (χ1v) is 12.3. The lowest BCUT2D eigenvalue weighted by atomic mass is 9.96. The van der Waals surface area contributed by atoms with Gasteiger partial charge in [-0.3, -0.25) is 0 Å². The average molecular weight is 477 g/mol. The van der Waals surface area contributed by atoms with Crippen LogP contribution in [0.25, 0.3) is 32.9 Å². The topological polar surface area (TPSA) is 6.48 Å². The zero-order chi connectivity index (χ0) is 24.6. The molecule has 6 rings (SSSR count). The molecule has 1 aliphatic rings. The largest absolute Gasteiger partial charge is 0.352 e. The Hall–Kier alpha value is -4.18. The van der Waals surface area contributed by atoms with Crippen LogP contribution in [0, 0.1) is 11.6 Å². The molecule has 178 valence electrons. The Morgan fingerprint density at radius 3 is 1.58 bits per heavy atom. The van der Waals surface area contributed by atoms with E-state index in [-0.39, 0.29) is 11.6 Å². The van der Waals surface area contributed by atoms with E-state index in [0.29, 0.717) is 13.2 Å². The van der Waals surface area contributed by atoms with E-state index in [1.807, 2.05) is 24.3 Å². The first kappa shape index (κ1) is 22.3. The highest BCUT2D eigenvalue weighted by Gasteiger charge is 2.31. The van der Waals surface area contributed by atoms with Crippen molar-refractivity contribution >= 4 is 32.9 Å². The van der Waals surface area contributed by atoms with Gasteiger partial charge < -0.3 is 9.80 Å². The third kappa shape index (κ3) is 3.89. The van der Waals surface area contributed by atoms with Crippen LogP contribution in [0.5, 0.6) is 0 Å². The maximum atomic E-state index is 13.9. The van der Waals surface area contributed by atoms with Crippen LogP contribution in [0.15, 0.2) is 103 Å². The van der Waals surface area contributed by atoms with E-state index in [0.717, 1.165) is 29.1 Å². The quantitative estimate of drug-likeness (QED) is 0.238. The molecule has 1 heterocycles. The molecule has 4 heteroatoms. The Morgan fingerprint density at radius 2 is 1.08 bits per heavy atom. The van der Waals surface area contributed by atoms with Crippen molar-refractivity contribution in [1.29, 1.82) is 0 Å². The summed E-state index contributed by atoms with van der Waals surface area (Å²) in [5.74, 6) is -0.526. The van der Waals surface area contributed by atoms with Crippen LogP contribution >= 0.6 is 0 Å². The molecule has 0 atom stereocenters. The van der Waals surface area contributed by atoms with Gasteiger partial charge in [0, 0.05) is 24.2 Å². The summed E-state index contributed by atoms with van der Waals surface area (Å²) in [5, 5.41) is 4.88. The first-order valence-electron chi connectivity index (χ1n) is 12.3. The number of rotatable bonds is 5. The molecule has 2 nitrogen and oxygen atoms in total.